The topological polar surface area (TPSA) is 61.4 Å². The Morgan fingerprint density at radius 1 is 1.14 bits per heavy atom. The van der Waals surface area contributed by atoms with Crippen LogP contribution in [-0.4, -0.2) is 36.2 Å². The molecule has 0 bridgehead atoms. The van der Waals surface area contributed by atoms with Crippen LogP contribution in [0.25, 0.3) is 0 Å². The lowest BCUT2D eigenvalue weighted by atomic mass is 9.81. The van der Waals surface area contributed by atoms with Gasteiger partial charge in [-0.05, 0) is 49.8 Å². The number of anilines is 1. The molecule has 6 heteroatoms. The number of amides is 3. The summed E-state index contributed by atoms with van der Waals surface area (Å²) in [6.45, 7) is 3.53. The highest BCUT2D eigenvalue weighted by atomic mass is 32.2. The van der Waals surface area contributed by atoms with Crippen molar-refractivity contribution in [3.8, 4) is 0 Å². The molecular formula is C22H27N3O2S. The van der Waals surface area contributed by atoms with Gasteiger partial charge in [0.15, 0.2) is 0 Å². The molecule has 2 aromatic carbocycles. The molecule has 0 aliphatic carbocycles. The van der Waals surface area contributed by atoms with E-state index in [4.69, 9.17) is 0 Å². The second-order valence-electron chi connectivity index (χ2n) is 7.42. The first-order valence-corrected chi connectivity index (χ1v) is 10.7. The minimum absolute atomic E-state index is 0.00164. The Morgan fingerprint density at radius 3 is 2.68 bits per heavy atom. The van der Waals surface area contributed by atoms with Crippen molar-refractivity contribution in [2.24, 2.45) is 5.41 Å². The highest BCUT2D eigenvalue weighted by Crippen LogP contribution is 2.30. The lowest BCUT2D eigenvalue weighted by Gasteiger charge is -2.39. The van der Waals surface area contributed by atoms with Crippen LogP contribution in [0.5, 0.6) is 0 Å². The molecule has 1 saturated heterocycles. The number of likely N-dealkylation sites (tertiary alicyclic amines) is 1. The molecule has 3 amide bonds. The summed E-state index contributed by atoms with van der Waals surface area (Å²) in [6, 6.07) is 17.5. The largest absolute Gasteiger partial charge is 0.351 e. The molecule has 3 rings (SSSR count). The van der Waals surface area contributed by atoms with Gasteiger partial charge < -0.3 is 15.5 Å². The summed E-state index contributed by atoms with van der Waals surface area (Å²) in [5.41, 5.74) is 1.27. The number of hydrogen-bond acceptors (Lipinski definition) is 3. The van der Waals surface area contributed by atoms with Crippen LogP contribution in [0.15, 0.2) is 59.5 Å². The van der Waals surface area contributed by atoms with Gasteiger partial charge in [0.25, 0.3) is 0 Å². The number of nitrogens with zero attached hydrogens (tertiary/aromatic N) is 1. The average Bonchev–Trinajstić information content (AvgIpc) is 2.73. The van der Waals surface area contributed by atoms with Gasteiger partial charge in [-0.2, -0.15) is 0 Å². The molecule has 0 saturated carbocycles. The summed E-state index contributed by atoms with van der Waals surface area (Å²) in [6.07, 6.45) is 3.60. The van der Waals surface area contributed by atoms with Crippen LogP contribution in [0.2, 0.25) is 0 Å². The molecule has 1 fully saturated rings. The fourth-order valence-electron chi connectivity index (χ4n) is 3.49. The number of rotatable bonds is 5. The van der Waals surface area contributed by atoms with Gasteiger partial charge in [-0.15, -0.1) is 11.8 Å². The maximum absolute atomic E-state index is 12.8. The molecule has 2 N–H and O–H groups in total. The smallest absolute Gasteiger partial charge is 0.321 e. The summed E-state index contributed by atoms with van der Waals surface area (Å²) >= 11 is 1.64. The predicted octanol–water partition coefficient (Wildman–Crippen LogP) is 4.36. The second kappa shape index (κ2) is 9.15. The molecule has 28 heavy (non-hydrogen) atoms. The van der Waals surface area contributed by atoms with E-state index in [-0.39, 0.29) is 11.9 Å². The van der Waals surface area contributed by atoms with E-state index in [1.807, 2.05) is 67.8 Å². The van der Waals surface area contributed by atoms with Gasteiger partial charge in [0.1, 0.15) is 0 Å². The number of hydrogen-bond donors (Lipinski definition) is 2. The normalized spacial score (nSPS) is 19.1. The monoisotopic (exact) mass is 397 g/mol. The number of thioether (sulfide) groups is 1. The van der Waals surface area contributed by atoms with Crippen molar-refractivity contribution in [1.82, 2.24) is 10.2 Å². The average molecular weight is 398 g/mol. The van der Waals surface area contributed by atoms with Crippen LogP contribution in [0.1, 0.15) is 25.3 Å². The number of nitrogens with one attached hydrogen (secondary N) is 2. The van der Waals surface area contributed by atoms with Crippen LogP contribution in [0.3, 0.4) is 0 Å². The first kappa shape index (κ1) is 20.3. The van der Waals surface area contributed by atoms with E-state index < -0.39 is 5.41 Å². The first-order valence-electron chi connectivity index (χ1n) is 9.52. The fourth-order valence-corrected chi connectivity index (χ4v) is 3.95. The van der Waals surface area contributed by atoms with Gasteiger partial charge in [-0.25, -0.2) is 4.79 Å². The van der Waals surface area contributed by atoms with Crippen LogP contribution >= 0.6 is 11.8 Å². The molecule has 1 aliphatic heterocycles. The molecule has 0 unspecified atom stereocenters. The fraction of sp³-hybridized carbons (Fsp3) is 0.364. The molecule has 1 aliphatic rings. The van der Waals surface area contributed by atoms with Gasteiger partial charge in [0, 0.05) is 30.2 Å². The van der Waals surface area contributed by atoms with Crippen LogP contribution < -0.4 is 10.6 Å². The molecule has 1 atom stereocenters. The Labute approximate surface area is 170 Å². The number of urea groups is 1. The quantitative estimate of drug-likeness (QED) is 0.737. The Balaban J connectivity index is 1.59. The minimum atomic E-state index is -0.578. The number of carbonyl (C=O) groups is 2. The molecule has 0 radical (unpaired) electrons. The Bertz CT molecular complexity index is 828. The molecule has 0 spiro atoms. The molecular weight excluding hydrogens is 370 g/mol. The number of benzene rings is 2. The predicted molar refractivity (Wildman–Crippen MR) is 114 cm³/mol. The van der Waals surface area contributed by atoms with E-state index in [1.54, 1.807) is 16.7 Å². The van der Waals surface area contributed by atoms with Gasteiger partial charge in [-0.1, -0.05) is 36.4 Å². The Hall–Kier alpha value is -2.47. The minimum Gasteiger partial charge on any atom is -0.351 e. The van der Waals surface area contributed by atoms with Crippen molar-refractivity contribution in [3.05, 3.63) is 60.2 Å². The zero-order valence-electron chi connectivity index (χ0n) is 16.4. The van der Waals surface area contributed by atoms with E-state index in [9.17, 15) is 9.59 Å². The summed E-state index contributed by atoms with van der Waals surface area (Å²) in [5, 5.41) is 6.00. The lowest BCUT2D eigenvalue weighted by molar-refractivity contribution is -0.132. The summed E-state index contributed by atoms with van der Waals surface area (Å²) in [5.74, 6) is -0.00164. The number of carbonyl (C=O) groups excluding carboxylic acids is 2. The molecule has 2 aromatic rings. The summed E-state index contributed by atoms with van der Waals surface area (Å²) in [7, 11) is 0. The van der Waals surface area contributed by atoms with Gasteiger partial charge in [0.2, 0.25) is 5.91 Å². The van der Waals surface area contributed by atoms with Crippen molar-refractivity contribution in [1.29, 1.82) is 0 Å². The van der Waals surface area contributed by atoms with E-state index >= 15 is 0 Å². The maximum Gasteiger partial charge on any atom is 0.321 e. The van der Waals surface area contributed by atoms with Crippen LogP contribution in [0.4, 0.5) is 10.5 Å². The third-order valence-electron chi connectivity index (χ3n) is 5.15. The van der Waals surface area contributed by atoms with Crippen LogP contribution in [0, 0.1) is 5.41 Å². The van der Waals surface area contributed by atoms with E-state index in [2.05, 4.69) is 10.6 Å². The third-order valence-corrected chi connectivity index (χ3v) is 5.87. The van der Waals surface area contributed by atoms with E-state index in [1.165, 1.54) is 0 Å². The zero-order chi connectivity index (χ0) is 20.0. The van der Waals surface area contributed by atoms with Gasteiger partial charge in [-0.3, -0.25) is 4.79 Å². The molecule has 1 heterocycles. The third kappa shape index (κ3) is 5.07. The zero-order valence-corrected chi connectivity index (χ0v) is 17.2. The Kier molecular flexibility index (Phi) is 6.62. The highest BCUT2D eigenvalue weighted by Gasteiger charge is 2.39. The molecule has 148 valence electrons. The molecule has 5 nitrogen and oxygen atoms in total. The number of piperidine rings is 1. The van der Waals surface area contributed by atoms with E-state index in [0.717, 1.165) is 29.0 Å². The first-order chi connectivity index (χ1) is 13.5. The summed E-state index contributed by atoms with van der Waals surface area (Å²) < 4.78 is 0. The van der Waals surface area contributed by atoms with E-state index in [0.29, 0.717) is 19.6 Å². The van der Waals surface area contributed by atoms with Crippen molar-refractivity contribution in [3.63, 3.8) is 0 Å². The summed E-state index contributed by atoms with van der Waals surface area (Å²) in [4.78, 5) is 28.4. The Morgan fingerprint density at radius 2 is 1.93 bits per heavy atom. The maximum atomic E-state index is 12.8. The van der Waals surface area contributed by atoms with Crippen LogP contribution in [-0.2, 0) is 11.3 Å². The molecule has 0 aromatic heterocycles. The van der Waals surface area contributed by atoms with Gasteiger partial charge >= 0.3 is 6.03 Å². The van der Waals surface area contributed by atoms with Gasteiger partial charge in [0.05, 0.1) is 5.41 Å². The van der Waals surface area contributed by atoms with Crippen molar-refractivity contribution in [2.45, 2.75) is 31.2 Å². The highest BCUT2D eigenvalue weighted by molar-refractivity contribution is 7.98. The second-order valence-corrected chi connectivity index (χ2v) is 8.30. The standard InChI is InChI=1S/C22H27N3O2S/c1-22(20(26)23-15-17-8-4-3-5-9-17)12-7-13-25(16-22)21(27)24-18-10-6-11-19(14-18)28-2/h3-6,8-11,14H,7,12-13,15-16H2,1-2H3,(H,23,26)(H,24,27)/t22-/m1/s1. The van der Waals surface area contributed by atoms with Crippen molar-refractivity contribution in [2.75, 3.05) is 24.7 Å². The van der Waals surface area contributed by atoms with Crippen molar-refractivity contribution >= 4 is 29.4 Å². The SMILES string of the molecule is CSc1cccc(NC(=O)N2CCC[C@@](C)(C(=O)NCc3ccccc3)C2)c1. The van der Waals surface area contributed by atoms with Crippen molar-refractivity contribution < 1.29 is 9.59 Å². The lowest BCUT2D eigenvalue weighted by Crippen LogP contribution is -2.52.